The quantitative estimate of drug-likeness (QED) is 0.349. The minimum Gasteiger partial charge on any atom is -0.395 e. The highest BCUT2D eigenvalue weighted by atomic mass is 16.5. The van der Waals surface area contributed by atoms with Gasteiger partial charge in [-0.05, 0) is 31.7 Å². The third-order valence-electron chi connectivity index (χ3n) is 4.16. The molecule has 0 aliphatic carbocycles. The van der Waals surface area contributed by atoms with Crippen LogP contribution in [0.15, 0.2) is 0 Å². The zero-order chi connectivity index (χ0) is 13.1. The number of hydrogen-bond donors (Lipinski definition) is 3. The number of nitrogens with zero attached hydrogens (tertiary/aromatic N) is 1. The number of hydrazine groups is 1. The van der Waals surface area contributed by atoms with E-state index in [1.54, 1.807) is 0 Å². The van der Waals surface area contributed by atoms with Gasteiger partial charge >= 0.3 is 0 Å². The van der Waals surface area contributed by atoms with Crippen LogP contribution in [0.3, 0.4) is 0 Å². The van der Waals surface area contributed by atoms with Crippen molar-refractivity contribution < 1.29 is 14.6 Å². The van der Waals surface area contributed by atoms with E-state index in [0.29, 0.717) is 5.92 Å². The monoisotopic (exact) mass is 257 g/mol. The van der Waals surface area contributed by atoms with Crippen LogP contribution in [0.4, 0.5) is 0 Å². The van der Waals surface area contributed by atoms with Gasteiger partial charge in [0.1, 0.15) is 6.10 Å². The number of nitrogens with two attached hydrogens (primary N) is 1. The second-order valence-electron chi connectivity index (χ2n) is 5.34. The fourth-order valence-corrected chi connectivity index (χ4v) is 3.00. The van der Waals surface area contributed by atoms with Crippen molar-refractivity contribution in [2.75, 3.05) is 19.7 Å². The Morgan fingerprint density at radius 3 is 2.94 bits per heavy atom. The van der Waals surface area contributed by atoms with Crippen LogP contribution in [0, 0.1) is 5.92 Å². The number of rotatable bonds is 4. The third kappa shape index (κ3) is 2.83. The Hall–Kier alpha value is -0.690. The summed E-state index contributed by atoms with van der Waals surface area (Å²) in [6, 6.07) is 0.232. The standard InChI is InChI=1S/C12H23N3O3/c1-8-4-5-15(10(8)7-16)6-9-2-3-11(18-9)12(17)14-13/h8-11,16H,2-7,13H2,1H3,(H,14,17). The van der Waals surface area contributed by atoms with Gasteiger partial charge in [0.25, 0.3) is 5.91 Å². The number of ether oxygens (including phenoxy) is 1. The Kier molecular flexibility index (Phi) is 4.55. The first kappa shape index (κ1) is 13.7. The van der Waals surface area contributed by atoms with Crippen molar-refractivity contribution in [2.24, 2.45) is 11.8 Å². The van der Waals surface area contributed by atoms with E-state index in [1.807, 2.05) is 0 Å². The van der Waals surface area contributed by atoms with Crippen LogP contribution in [0.2, 0.25) is 0 Å². The van der Waals surface area contributed by atoms with E-state index in [-0.39, 0.29) is 24.7 Å². The molecule has 18 heavy (non-hydrogen) atoms. The molecule has 2 rings (SSSR count). The maximum atomic E-state index is 11.4. The number of amides is 1. The van der Waals surface area contributed by atoms with Crippen molar-refractivity contribution in [1.29, 1.82) is 0 Å². The number of carbonyl (C=O) groups is 1. The summed E-state index contributed by atoms with van der Waals surface area (Å²) in [5, 5.41) is 9.40. The number of hydrogen-bond acceptors (Lipinski definition) is 5. The molecule has 6 heteroatoms. The molecule has 0 aromatic carbocycles. The molecule has 0 aromatic rings. The van der Waals surface area contributed by atoms with E-state index in [1.165, 1.54) is 0 Å². The average molecular weight is 257 g/mol. The highest BCUT2D eigenvalue weighted by Crippen LogP contribution is 2.27. The van der Waals surface area contributed by atoms with Gasteiger partial charge in [-0.1, -0.05) is 6.92 Å². The molecular weight excluding hydrogens is 234 g/mol. The topological polar surface area (TPSA) is 87.8 Å². The second-order valence-corrected chi connectivity index (χ2v) is 5.34. The largest absolute Gasteiger partial charge is 0.395 e. The van der Waals surface area contributed by atoms with E-state index in [2.05, 4.69) is 17.2 Å². The molecule has 2 heterocycles. The van der Waals surface area contributed by atoms with Gasteiger partial charge in [0.05, 0.1) is 12.7 Å². The Balaban J connectivity index is 1.83. The number of likely N-dealkylation sites (tertiary alicyclic amines) is 1. The van der Waals surface area contributed by atoms with Crippen molar-refractivity contribution in [2.45, 2.75) is 44.4 Å². The second kappa shape index (κ2) is 5.97. The highest BCUT2D eigenvalue weighted by Gasteiger charge is 2.36. The fourth-order valence-electron chi connectivity index (χ4n) is 3.00. The van der Waals surface area contributed by atoms with Gasteiger partial charge in [-0.15, -0.1) is 0 Å². The first-order valence-electron chi connectivity index (χ1n) is 6.66. The SMILES string of the molecule is CC1CCN(CC2CCC(C(=O)NN)O2)C1CO. The minimum absolute atomic E-state index is 0.0756. The molecule has 4 atom stereocenters. The molecule has 0 saturated carbocycles. The predicted molar refractivity (Wildman–Crippen MR) is 66.5 cm³/mol. The number of carbonyl (C=O) groups excluding carboxylic acids is 1. The van der Waals surface area contributed by atoms with Crippen molar-refractivity contribution in [3.05, 3.63) is 0 Å². The summed E-state index contributed by atoms with van der Waals surface area (Å²) >= 11 is 0. The molecule has 4 N–H and O–H groups in total. The zero-order valence-electron chi connectivity index (χ0n) is 10.8. The molecule has 2 saturated heterocycles. The Bertz CT molecular complexity index is 300. The van der Waals surface area contributed by atoms with Gasteiger partial charge in [-0.3, -0.25) is 15.1 Å². The van der Waals surface area contributed by atoms with E-state index < -0.39 is 6.10 Å². The highest BCUT2D eigenvalue weighted by molar-refractivity contribution is 5.80. The van der Waals surface area contributed by atoms with Crippen LogP contribution in [0.1, 0.15) is 26.2 Å². The molecule has 4 unspecified atom stereocenters. The molecule has 0 bridgehead atoms. The van der Waals surface area contributed by atoms with E-state index >= 15 is 0 Å². The molecule has 6 nitrogen and oxygen atoms in total. The fraction of sp³-hybridized carbons (Fsp3) is 0.917. The van der Waals surface area contributed by atoms with E-state index in [4.69, 9.17) is 10.6 Å². The summed E-state index contributed by atoms with van der Waals surface area (Å²) < 4.78 is 5.69. The van der Waals surface area contributed by atoms with Gasteiger partial charge in [0.15, 0.2) is 0 Å². The molecule has 0 aromatic heterocycles. The predicted octanol–water partition coefficient (Wildman–Crippen LogP) is -0.773. The van der Waals surface area contributed by atoms with Crippen molar-refractivity contribution in [3.63, 3.8) is 0 Å². The molecule has 1 amide bonds. The summed E-state index contributed by atoms with van der Waals surface area (Å²) in [5.41, 5.74) is 2.13. The lowest BCUT2D eigenvalue weighted by Gasteiger charge is -2.27. The lowest BCUT2D eigenvalue weighted by atomic mass is 10.0. The summed E-state index contributed by atoms with van der Waals surface area (Å²) in [6.07, 6.45) is 2.38. The molecule has 2 aliphatic heterocycles. The van der Waals surface area contributed by atoms with Crippen molar-refractivity contribution in [1.82, 2.24) is 10.3 Å². The van der Waals surface area contributed by atoms with Crippen molar-refractivity contribution >= 4 is 5.91 Å². The van der Waals surface area contributed by atoms with Crippen LogP contribution >= 0.6 is 0 Å². The third-order valence-corrected chi connectivity index (χ3v) is 4.16. The van der Waals surface area contributed by atoms with Gasteiger partial charge in [0, 0.05) is 12.6 Å². The first-order valence-corrected chi connectivity index (χ1v) is 6.66. The van der Waals surface area contributed by atoms with Gasteiger partial charge in [-0.2, -0.15) is 0 Å². The maximum absolute atomic E-state index is 11.4. The molecule has 2 aliphatic rings. The number of nitrogens with one attached hydrogen (secondary N) is 1. The molecule has 104 valence electrons. The van der Waals surface area contributed by atoms with Crippen LogP contribution in [0.25, 0.3) is 0 Å². The summed E-state index contributed by atoms with van der Waals surface area (Å²) in [7, 11) is 0. The molecule has 0 spiro atoms. The normalized spacial score (nSPS) is 37.1. The maximum Gasteiger partial charge on any atom is 0.263 e. The lowest BCUT2D eigenvalue weighted by molar-refractivity contribution is -0.132. The van der Waals surface area contributed by atoms with Gasteiger partial charge in [-0.25, -0.2) is 5.84 Å². The van der Waals surface area contributed by atoms with E-state index in [9.17, 15) is 9.90 Å². The zero-order valence-corrected chi connectivity index (χ0v) is 10.8. The number of aliphatic hydroxyl groups is 1. The van der Waals surface area contributed by atoms with Gasteiger partial charge in [0.2, 0.25) is 0 Å². The lowest BCUT2D eigenvalue weighted by Crippen LogP contribution is -2.42. The van der Waals surface area contributed by atoms with Crippen molar-refractivity contribution in [3.8, 4) is 0 Å². The first-order chi connectivity index (χ1) is 8.65. The number of aliphatic hydroxyl groups excluding tert-OH is 1. The smallest absolute Gasteiger partial charge is 0.263 e. The van der Waals surface area contributed by atoms with Crippen LogP contribution in [-0.2, 0) is 9.53 Å². The molecule has 2 fully saturated rings. The summed E-state index contributed by atoms with van der Waals surface area (Å²) in [6.45, 7) is 4.16. The summed E-state index contributed by atoms with van der Waals surface area (Å²) in [4.78, 5) is 13.6. The Labute approximate surface area is 107 Å². The molecular formula is C12H23N3O3. The Morgan fingerprint density at radius 1 is 1.50 bits per heavy atom. The van der Waals surface area contributed by atoms with Crippen LogP contribution < -0.4 is 11.3 Å². The van der Waals surface area contributed by atoms with Crippen LogP contribution in [0.5, 0.6) is 0 Å². The van der Waals surface area contributed by atoms with E-state index in [0.717, 1.165) is 32.4 Å². The van der Waals surface area contributed by atoms with Gasteiger partial charge < -0.3 is 9.84 Å². The average Bonchev–Trinajstić information content (AvgIpc) is 2.96. The Morgan fingerprint density at radius 2 is 2.28 bits per heavy atom. The minimum atomic E-state index is -0.410. The summed E-state index contributed by atoms with van der Waals surface area (Å²) in [5.74, 6) is 5.38. The van der Waals surface area contributed by atoms with Crippen LogP contribution in [-0.4, -0.2) is 53.9 Å². The molecule has 0 radical (unpaired) electrons.